The summed E-state index contributed by atoms with van der Waals surface area (Å²) in [4.78, 5) is 31.3. The minimum absolute atomic E-state index is 0.145. The Labute approximate surface area is 221 Å². The highest BCUT2D eigenvalue weighted by molar-refractivity contribution is 9.11. The molecule has 8 nitrogen and oxygen atoms in total. The van der Waals surface area contributed by atoms with E-state index in [1.165, 1.54) is 23.5 Å². The molecule has 0 bridgehead atoms. The van der Waals surface area contributed by atoms with E-state index in [1.54, 1.807) is 6.07 Å². The van der Waals surface area contributed by atoms with Crippen LogP contribution in [-0.2, 0) is 4.74 Å². The number of nitro groups is 1. The number of nitro benzene ring substituents is 1. The molecule has 5 rings (SSSR count). The highest BCUT2D eigenvalue weighted by Crippen LogP contribution is 2.41. The number of fused-ring (bicyclic) bond motifs is 1. The Hall–Kier alpha value is -2.86. The first-order chi connectivity index (χ1) is 16.9. The van der Waals surface area contributed by atoms with Crippen molar-refractivity contribution < 1.29 is 14.5 Å². The van der Waals surface area contributed by atoms with Crippen LogP contribution in [0.1, 0.15) is 10.4 Å². The Morgan fingerprint density at radius 2 is 1.89 bits per heavy atom. The number of para-hydroxylation sites is 1. The molecule has 35 heavy (non-hydrogen) atoms. The van der Waals surface area contributed by atoms with E-state index in [4.69, 9.17) is 9.72 Å². The largest absolute Gasteiger partial charge is 0.378 e. The first-order valence-electron chi connectivity index (χ1n) is 10.7. The van der Waals surface area contributed by atoms with Gasteiger partial charge in [0.2, 0.25) is 0 Å². The number of non-ortho nitro benzene ring substituents is 1. The van der Waals surface area contributed by atoms with Gasteiger partial charge in [0, 0.05) is 39.7 Å². The fourth-order valence-corrected chi connectivity index (χ4v) is 6.25. The molecule has 0 spiro atoms. The average molecular weight is 618 g/mol. The van der Waals surface area contributed by atoms with Crippen molar-refractivity contribution in [1.29, 1.82) is 0 Å². The van der Waals surface area contributed by atoms with Crippen molar-refractivity contribution in [2.45, 2.75) is 0 Å². The van der Waals surface area contributed by atoms with Crippen molar-refractivity contribution >= 4 is 76.4 Å². The van der Waals surface area contributed by atoms with E-state index in [1.807, 2.05) is 41.3 Å². The molecule has 4 aromatic rings. The summed E-state index contributed by atoms with van der Waals surface area (Å²) in [6.45, 7) is 2.24. The van der Waals surface area contributed by atoms with Gasteiger partial charge in [0.15, 0.2) is 0 Å². The molecule has 1 N–H and O–H groups in total. The van der Waals surface area contributed by atoms with Gasteiger partial charge in [0.05, 0.1) is 45.3 Å². The lowest BCUT2D eigenvalue weighted by molar-refractivity contribution is -0.384. The molecule has 0 aliphatic carbocycles. The van der Waals surface area contributed by atoms with Gasteiger partial charge in [-0.2, -0.15) is 0 Å². The number of carbonyl (C=O) groups is 1. The van der Waals surface area contributed by atoms with Gasteiger partial charge in [-0.05, 0) is 46.3 Å². The number of ether oxygens (including phenoxy) is 1. The number of nitrogens with one attached hydrogen (secondary N) is 1. The number of thiazole rings is 1. The SMILES string of the molecule is O=C(Nc1c(Br)cc(Br)cc1-c1nc2ccccc2s1)c1cc([N+](=O)[O-])ccc1N1CCOCC1. The second-order valence-electron chi connectivity index (χ2n) is 7.81. The van der Waals surface area contributed by atoms with Crippen LogP contribution in [-0.4, -0.2) is 42.1 Å². The lowest BCUT2D eigenvalue weighted by Crippen LogP contribution is -2.37. The Bertz CT molecular complexity index is 1420. The molecule has 1 aromatic heterocycles. The highest BCUT2D eigenvalue weighted by Gasteiger charge is 2.24. The quantitative estimate of drug-likeness (QED) is 0.203. The van der Waals surface area contributed by atoms with Crippen molar-refractivity contribution in [3.05, 3.63) is 79.2 Å². The van der Waals surface area contributed by atoms with Crippen LogP contribution in [0.4, 0.5) is 17.1 Å². The van der Waals surface area contributed by atoms with Crippen molar-refractivity contribution in [2.75, 3.05) is 36.5 Å². The van der Waals surface area contributed by atoms with E-state index in [0.717, 1.165) is 25.3 Å². The molecule has 178 valence electrons. The number of morpholine rings is 1. The maximum absolute atomic E-state index is 13.6. The van der Waals surface area contributed by atoms with Crippen LogP contribution in [0, 0.1) is 10.1 Å². The van der Waals surface area contributed by atoms with E-state index >= 15 is 0 Å². The van der Waals surface area contributed by atoms with Gasteiger partial charge < -0.3 is 15.0 Å². The molecule has 0 saturated carbocycles. The Kier molecular flexibility index (Phi) is 6.83. The third-order valence-electron chi connectivity index (χ3n) is 5.61. The van der Waals surface area contributed by atoms with Gasteiger partial charge in [-0.15, -0.1) is 11.3 Å². The predicted molar refractivity (Wildman–Crippen MR) is 145 cm³/mol. The third-order valence-corrected chi connectivity index (χ3v) is 7.76. The number of hydrogen-bond acceptors (Lipinski definition) is 7. The maximum atomic E-state index is 13.6. The molecule has 1 saturated heterocycles. The van der Waals surface area contributed by atoms with Gasteiger partial charge in [0.1, 0.15) is 5.01 Å². The third kappa shape index (κ3) is 4.94. The van der Waals surface area contributed by atoms with Crippen molar-refractivity contribution in [2.24, 2.45) is 0 Å². The minimum Gasteiger partial charge on any atom is -0.378 e. The summed E-state index contributed by atoms with van der Waals surface area (Å²) < 4.78 is 7.94. The molecule has 1 aliphatic rings. The number of nitrogens with zero attached hydrogens (tertiary/aromatic N) is 3. The highest BCUT2D eigenvalue weighted by atomic mass is 79.9. The van der Waals surface area contributed by atoms with Crippen LogP contribution in [0.2, 0.25) is 0 Å². The Balaban J connectivity index is 1.57. The van der Waals surface area contributed by atoms with Crippen LogP contribution in [0.3, 0.4) is 0 Å². The molecule has 1 aliphatic heterocycles. The molecule has 1 fully saturated rings. The van der Waals surface area contributed by atoms with Gasteiger partial charge >= 0.3 is 0 Å². The molecular weight excluding hydrogens is 600 g/mol. The number of carbonyl (C=O) groups excluding carboxylic acids is 1. The number of halogens is 2. The van der Waals surface area contributed by atoms with E-state index in [-0.39, 0.29) is 11.3 Å². The zero-order valence-electron chi connectivity index (χ0n) is 18.2. The fourth-order valence-electron chi connectivity index (χ4n) is 3.94. The molecule has 0 atom stereocenters. The molecule has 3 aromatic carbocycles. The first kappa shape index (κ1) is 23.9. The lowest BCUT2D eigenvalue weighted by Gasteiger charge is -2.30. The van der Waals surface area contributed by atoms with E-state index in [0.29, 0.717) is 42.2 Å². The van der Waals surface area contributed by atoms with Crippen LogP contribution in [0.5, 0.6) is 0 Å². The van der Waals surface area contributed by atoms with Crippen LogP contribution in [0.15, 0.2) is 63.5 Å². The number of aromatic nitrogens is 1. The normalized spacial score (nSPS) is 13.7. The number of benzene rings is 3. The van der Waals surface area contributed by atoms with Crippen LogP contribution >= 0.6 is 43.2 Å². The molecular formula is C24H18Br2N4O4S. The van der Waals surface area contributed by atoms with E-state index < -0.39 is 10.8 Å². The standard InChI is InChI=1S/C24H18Br2N4O4S/c25-14-11-17(24-27-19-3-1-2-4-21(19)35-24)22(18(26)12-14)28-23(31)16-13-15(30(32)33)5-6-20(16)29-7-9-34-10-8-29/h1-6,11-13H,7-10H2,(H,28,31). The summed E-state index contributed by atoms with van der Waals surface area (Å²) in [5.41, 5.74) is 2.86. The second kappa shape index (κ2) is 10.0. The molecule has 0 unspecified atom stereocenters. The lowest BCUT2D eigenvalue weighted by atomic mass is 10.1. The fraction of sp³-hybridized carbons (Fsp3) is 0.167. The molecule has 11 heteroatoms. The topological polar surface area (TPSA) is 97.6 Å². The van der Waals surface area contributed by atoms with Gasteiger partial charge in [-0.1, -0.05) is 28.1 Å². The van der Waals surface area contributed by atoms with Crippen molar-refractivity contribution in [3.8, 4) is 10.6 Å². The summed E-state index contributed by atoms with van der Waals surface area (Å²) in [5.74, 6) is -0.444. The number of amides is 1. The monoisotopic (exact) mass is 616 g/mol. The number of rotatable bonds is 5. The second-order valence-corrected chi connectivity index (χ2v) is 10.6. The van der Waals surface area contributed by atoms with Gasteiger partial charge in [-0.25, -0.2) is 4.98 Å². The van der Waals surface area contributed by atoms with Crippen LogP contribution in [0.25, 0.3) is 20.8 Å². The van der Waals surface area contributed by atoms with E-state index in [2.05, 4.69) is 37.2 Å². The molecule has 0 radical (unpaired) electrons. The molecule has 2 heterocycles. The van der Waals surface area contributed by atoms with Gasteiger partial charge in [0.25, 0.3) is 11.6 Å². The summed E-state index contributed by atoms with van der Waals surface area (Å²) in [7, 11) is 0. The Morgan fingerprint density at radius 3 is 2.63 bits per heavy atom. The average Bonchev–Trinajstić information content (AvgIpc) is 3.30. The first-order valence-corrected chi connectivity index (χ1v) is 13.1. The molecule has 1 amide bonds. The van der Waals surface area contributed by atoms with Crippen molar-refractivity contribution in [3.63, 3.8) is 0 Å². The summed E-state index contributed by atoms with van der Waals surface area (Å²) in [6, 6.07) is 15.9. The minimum atomic E-state index is -0.498. The van der Waals surface area contributed by atoms with Crippen LogP contribution < -0.4 is 10.2 Å². The van der Waals surface area contributed by atoms with Crippen molar-refractivity contribution in [1.82, 2.24) is 4.98 Å². The Morgan fingerprint density at radius 1 is 1.11 bits per heavy atom. The number of anilines is 2. The zero-order chi connectivity index (χ0) is 24.5. The summed E-state index contributed by atoms with van der Waals surface area (Å²) in [6.07, 6.45) is 0. The number of hydrogen-bond donors (Lipinski definition) is 1. The predicted octanol–water partition coefficient (Wildman–Crippen LogP) is 6.49. The van der Waals surface area contributed by atoms with Gasteiger partial charge in [-0.3, -0.25) is 14.9 Å². The zero-order valence-corrected chi connectivity index (χ0v) is 22.2. The maximum Gasteiger partial charge on any atom is 0.270 e. The summed E-state index contributed by atoms with van der Waals surface area (Å²) in [5, 5.41) is 15.2. The summed E-state index contributed by atoms with van der Waals surface area (Å²) >= 11 is 8.62. The smallest absolute Gasteiger partial charge is 0.270 e. The van der Waals surface area contributed by atoms with E-state index in [9.17, 15) is 14.9 Å².